The highest BCUT2D eigenvalue weighted by atomic mass is 127. The van der Waals surface area contributed by atoms with Crippen molar-refractivity contribution in [3.8, 4) is 0 Å². The second-order valence-electron chi connectivity index (χ2n) is 4.43. The molecule has 0 amide bonds. The van der Waals surface area contributed by atoms with Gasteiger partial charge in [-0.05, 0) is 71.5 Å². The van der Waals surface area contributed by atoms with Crippen molar-refractivity contribution in [3.05, 3.63) is 32.6 Å². The molecule has 1 nitrogen and oxygen atoms in total. The topological polar surface area (TPSA) is 17.1 Å². The molecule has 0 spiro atoms. The zero-order valence-corrected chi connectivity index (χ0v) is 11.4. The van der Waals surface area contributed by atoms with Gasteiger partial charge in [0.15, 0.2) is 0 Å². The Hall–Kier alpha value is -0.450. The van der Waals surface area contributed by atoms with Gasteiger partial charge < -0.3 is 0 Å². The van der Waals surface area contributed by atoms with Crippen LogP contribution in [0.2, 0.25) is 0 Å². The first kappa shape index (κ1) is 12.0. The maximum absolute atomic E-state index is 13.2. The molecule has 1 aliphatic carbocycles. The lowest BCUT2D eigenvalue weighted by atomic mass is 9.82. The standard InChI is InChI=1S/C13H14FIO/c1-8-6-10(14)7-12(15)13(8)9-2-4-11(16)5-3-9/h6-7,9H,2-5H2,1H3. The number of carbonyl (C=O) groups is 1. The summed E-state index contributed by atoms with van der Waals surface area (Å²) in [5.41, 5.74) is 2.26. The minimum Gasteiger partial charge on any atom is -0.300 e. The van der Waals surface area contributed by atoms with E-state index in [-0.39, 0.29) is 5.82 Å². The summed E-state index contributed by atoms with van der Waals surface area (Å²) in [5.74, 6) is 0.633. The van der Waals surface area contributed by atoms with E-state index in [0.29, 0.717) is 24.5 Å². The van der Waals surface area contributed by atoms with Crippen molar-refractivity contribution < 1.29 is 9.18 Å². The van der Waals surface area contributed by atoms with E-state index >= 15 is 0 Å². The molecule has 1 aliphatic rings. The molecular weight excluding hydrogens is 318 g/mol. The van der Waals surface area contributed by atoms with E-state index in [1.54, 1.807) is 12.1 Å². The first-order valence-corrected chi connectivity index (χ1v) is 6.63. The Bertz CT molecular complexity index is 395. The molecule has 1 aromatic carbocycles. The highest BCUT2D eigenvalue weighted by molar-refractivity contribution is 14.1. The molecule has 0 aromatic heterocycles. The first-order chi connectivity index (χ1) is 7.58. The Morgan fingerprint density at radius 3 is 2.50 bits per heavy atom. The normalized spacial score (nSPS) is 17.8. The van der Waals surface area contributed by atoms with Gasteiger partial charge in [-0.1, -0.05) is 0 Å². The van der Waals surface area contributed by atoms with Crippen LogP contribution in [0.15, 0.2) is 12.1 Å². The fourth-order valence-electron chi connectivity index (χ4n) is 2.46. The van der Waals surface area contributed by atoms with Gasteiger partial charge >= 0.3 is 0 Å². The van der Waals surface area contributed by atoms with Gasteiger partial charge in [0.25, 0.3) is 0 Å². The Morgan fingerprint density at radius 1 is 1.31 bits per heavy atom. The maximum Gasteiger partial charge on any atom is 0.132 e. The average molecular weight is 332 g/mol. The molecule has 0 N–H and O–H groups in total. The van der Waals surface area contributed by atoms with Gasteiger partial charge in [0.1, 0.15) is 11.6 Å². The number of halogens is 2. The predicted octanol–water partition coefficient (Wildman–Crippen LogP) is 3.97. The van der Waals surface area contributed by atoms with Crippen LogP contribution in [0, 0.1) is 16.3 Å². The molecular formula is C13H14FIO. The third kappa shape index (κ3) is 2.44. The fraction of sp³-hybridized carbons (Fsp3) is 0.462. The van der Waals surface area contributed by atoms with Crippen LogP contribution >= 0.6 is 22.6 Å². The molecule has 1 aromatic rings. The van der Waals surface area contributed by atoms with Crippen molar-refractivity contribution in [3.63, 3.8) is 0 Å². The monoisotopic (exact) mass is 332 g/mol. The van der Waals surface area contributed by atoms with Crippen molar-refractivity contribution >= 4 is 28.4 Å². The van der Waals surface area contributed by atoms with Crippen molar-refractivity contribution in [2.24, 2.45) is 0 Å². The van der Waals surface area contributed by atoms with E-state index in [9.17, 15) is 9.18 Å². The number of benzene rings is 1. The van der Waals surface area contributed by atoms with Crippen molar-refractivity contribution in [1.82, 2.24) is 0 Å². The molecule has 1 fully saturated rings. The summed E-state index contributed by atoms with van der Waals surface area (Å²) in [6.07, 6.45) is 3.19. The Balaban J connectivity index is 2.30. The molecule has 2 rings (SSSR count). The maximum atomic E-state index is 13.2. The van der Waals surface area contributed by atoms with Crippen LogP contribution in [0.3, 0.4) is 0 Å². The summed E-state index contributed by atoms with van der Waals surface area (Å²) in [5, 5.41) is 0. The number of ketones is 1. The van der Waals surface area contributed by atoms with Gasteiger partial charge in [0.05, 0.1) is 0 Å². The minimum absolute atomic E-state index is 0.169. The van der Waals surface area contributed by atoms with Gasteiger partial charge in [-0.3, -0.25) is 4.79 Å². The highest BCUT2D eigenvalue weighted by Crippen LogP contribution is 2.36. The van der Waals surface area contributed by atoms with Crippen molar-refractivity contribution in [2.75, 3.05) is 0 Å². The average Bonchev–Trinajstić information content (AvgIpc) is 2.19. The Labute approximate surface area is 109 Å². The zero-order valence-electron chi connectivity index (χ0n) is 9.22. The van der Waals surface area contributed by atoms with E-state index in [1.165, 1.54) is 5.56 Å². The molecule has 0 radical (unpaired) electrons. The molecule has 0 atom stereocenters. The van der Waals surface area contributed by atoms with E-state index in [0.717, 1.165) is 22.0 Å². The largest absolute Gasteiger partial charge is 0.300 e. The molecule has 0 unspecified atom stereocenters. The van der Waals surface area contributed by atoms with Crippen molar-refractivity contribution in [1.29, 1.82) is 0 Å². The lowest BCUT2D eigenvalue weighted by Gasteiger charge is -2.24. The van der Waals surface area contributed by atoms with Gasteiger partial charge in [-0.15, -0.1) is 0 Å². The summed E-state index contributed by atoms with van der Waals surface area (Å²) in [6, 6.07) is 3.17. The smallest absolute Gasteiger partial charge is 0.132 e. The minimum atomic E-state index is -0.169. The highest BCUT2D eigenvalue weighted by Gasteiger charge is 2.23. The van der Waals surface area contributed by atoms with E-state index in [1.807, 2.05) is 6.92 Å². The number of carbonyl (C=O) groups excluding carboxylic acids is 1. The summed E-state index contributed by atoms with van der Waals surface area (Å²) in [4.78, 5) is 11.2. The van der Waals surface area contributed by atoms with E-state index < -0.39 is 0 Å². The van der Waals surface area contributed by atoms with E-state index in [2.05, 4.69) is 22.6 Å². The van der Waals surface area contributed by atoms with Crippen LogP contribution in [0.25, 0.3) is 0 Å². The predicted molar refractivity (Wildman–Crippen MR) is 70.1 cm³/mol. The molecule has 0 aliphatic heterocycles. The van der Waals surface area contributed by atoms with Crippen LogP contribution in [-0.4, -0.2) is 5.78 Å². The van der Waals surface area contributed by atoms with Crippen LogP contribution in [0.4, 0.5) is 4.39 Å². The van der Waals surface area contributed by atoms with Gasteiger partial charge in [0, 0.05) is 16.4 Å². The number of hydrogen-bond donors (Lipinski definition) is 0. The summed E-state index contributed by atoms with van der Waals surface area (Å²) in [6.45, 7) is 1.96. The third-order valence-corrected chi connectivity index (χ3v) is 4.15. The second kappa shape index (κ2) is 4.82. The van der Waals surface area contributed by atoms with Crippen LogP contribution < -0.4 is 0 Å². The SMILES string of the molecule is Cc1cc(F)cc(I)c1C1CCC(=O)CC1. The van der Waals surface area contributed by atoms with Crippen LogP contribution in [0.5, 0.6) is 0 Å². The summed E-state index contributed by atoms with van der Waals surface area (Å²) >= 11 is 2.19. The molecule has 3 heteroatoms. The molecule has 16 heavy (non-hydrogen) atoms. The first-order valence-electron chi connectivity index (χ1n) is 5.55. The molecule has 0 heterocycles. The van der Waals surface area contributed by atoms with Gasteiger partial charge in [-0.2, -0.15) is 0 Å². The van der Waals surface area contributed by atoms with E-state index in [4.69, 9.17) is 0 Å². The number of Topliss-reactive ketones (excluding diaryl/α,β-unsaturated/α-hetero) is 1. The lowest BCUT2D eigenvalue weighted by molar-refractivity contribution is -0.120. The fourth-order valence-corrected chi connectivity index (χ4v) is 3.62. The molecule has 1 saturated carbocycles. The van der Waals surface area contributed by atoms with Crippen LogP contribution in [-0.2, 0) is 4.79 Å². The summed E-state index contributed by atoms with van der Waals surface area (Å²) < 4.78 is 14.2. The molecule has 0 saturated heterocycles. The van der Waals surface area contributed by atoms with Gasteiger partial charge in [0.2, 0.25) is 0 Å². The summed E-state index contributed by atoms with van der Waals surface area (Å²) in [7, 11) is 0. The second-order valence-corrected chi connectivity index (χ2v) is 5.59. The third-order valence-electron chi connectivity index (χ3n) is 3.25. The van der Waals surface area contributed by atoms with Crippen LogP contribution in [0.1, 0.15) is 42.7 Å². The Kier molecular flexibility index (Phi) is 3.62. The van der Waals surface area contributed by atoms with Crippen molar-refractivity contribution in [2.45, 2.75) is 38.5 Å². The number of hydrogen-bond acceptors (Lipinski definition) is 1. The molecule has 0 bridgehead atoms. The Morgan fingerprint density at radius 2 is 1.94 bits per heavy atom. The number of rotatable bonds is 1. The van der Waals surface area contributed by atoms with Gasteiger partial charge in [-0.25, -0.2) is 4.39 Å². The quantitative estimate of drug-likeness (QED) is 0.712. The zero-order chi connectivity index (χ0) is 11.7. The molecule has 86 valence electrons. The lowest BCUT2D eigenvalue weighted by Crippen LogP contribution is -2.14. The number of aryl methyl sites for hydroxylation is 1.